The Morgan fingerprint density at radius 3 is 2.40 bits per heavy atom. The van der Waals surface area contributed by atoms with Crippen molar-refractivity contribution in [2.75, 3.05) is 19.8 Å². The van der Waals surface area contributed by atoms with E-state index in [0.717, 1.165) is 5.56 Å². The standard InChI is InChI=1S/C23H29N3O8S/c1-23(2,3)19-10-18(8-9-26(19)22(27)28)34-21-11-20(24-14-25-21)33-17-6-4-15(5-7-17)16-12-31-35(29,30)32-13-16/h4-7,11,14,16,18-19H,8-10,12-13H2,1-3H3,(H,27,28). The molecule has 1 amide bonds. The lowest BCUT2D eigenvalue weighted by molar-refractivity contribution is 0.0116. The molecule has 2 unspecified atom stereocenters. The summed E-state index contributed by atoms with van der Waals surface area (Å²) >= 11 is 0. The Morgan fingerprint density at radius 1 is 1.11 bits per heavy atom. The van der Waals surface area contributed by atoms with Crippen molar-refractivity contribution >= 4 is 16.5 Å². The average Bonchev–Trinajstić information content (AvgIpc) is 2.79. The summed E-state index contributed by atoms with van der Waals surface area (Å²) in [6.07, 6.45) is 1.38. The molecule has 1 aromatic heterocycles. The van der Waals surface area contributed by atoms with Crippen LogP contribution in [-0.2, 0) is 18.8 Å². The minimum Gasteiger partial charge on any atom is -0.474 e. The van der Waals surface area contributed by atoms with E-state index in [0.29, 0.717) is 36.9 Å². The molecule has 35 heavy (non-hydrogen) atoms. The first-order valence-corrected chi connectivity index (χ1v) is 12.6. The fourth-order valence-electron chi connectivity index (χ4n) is 4.24. The minimum absolute atomic E-state index is 0.0244. The third kappa shape index (κ3) is 6.38. The van der Waals surface area contributed by atoms with Crippen LogP contribution in [0, 0.1) is 5.41 Å². The van der Waals surface area contributed by atoms with Crippen LogP contribution in [0.1, 0.15) is 45.1 Å². The number of ether oxygens (including phenoxy) is 2. The lowest BCUT2D eigenvalue weighted by atomic mass is 9.80. The largest absolute Gasteiger partial charge is 0.474 e. The highest BCUT2D eigenvalue weighted by atomic mass is 32.3. The van der Waals surface area contributed by atoms with Gasteiger partial charge in [-0.2, -0.15) is 8.42 Å². The van der Waals surface area contributed by atoms with Gasteiger partial charge in [0.1, 0.15) is 18.2 Å². The Hall–Kier alpha value is -2.96. The third-order valence-electron chi connectivity index (χ3n) is 6.11. The van der Waals surface area contributed by atoms with E-state index in [4.69, 9.17) is 17.8 Å². The summed E-state index contributed by atoms with van der Waals surface area (Å²) in [6, 6.07) is 8.54. The number of hydrogen-bond donors (Lipinski definition) is 1. The molecule has 2 aliphatic heterocycles. The zero-order valence-corrected chi connectivity index (χ0v) is 20.6. The molecular formula is C23H29N3O8S. The van der Waals surface area contributed by atoms with Crippen LogP contribution >= 0.6 is 0 Å². The van der Waals surface area contributed by atoms with Crippen LogP contribution in [0.4, 0.5) is 4.79 Å². The van der Waals surface area contributed by atoms with Gasteiger partial charge in [-0.25, -0.2) is 23.1 Å². The van der Waals surface area contributed by atoms with Crippen molar-refractivity contribution in [3.05, 3.63) is 42.2 Å². The van der Waals surface area contributed by atoms with Crippen LogP contribution < -0.4 is 9.47 Å². The van der Waals surface area contributed by atoms with Gasteiger partial charge >= 0.3 is 16.5 Å². The summed E-state index contributed by atoms with van der Waals surface area (Å²) in [7, 11) is -3.88. The van der Waals surface area contributed by atoms with Crippen molar-refractivity contribution < 1.29 is 36.2 Å². The Kier molecular flexibility index (Phi) is 7.15. The van der Waals surface area contributed by atoms with Crippen LogP contribution in [0.3, 0.4) is 0 Å². The topological polar surface area (TPSA) is 137 Å². The smallest absolute Gasteiger partial charge is 0.407 e. The highest BCUT2D eigenvalue weighted by Gasteiger charge is 2.39. The number of carboxylic acid groups (broad SMARTS) is 1. The first-order valence-electron chi connectivity index (χ1n) is 11.3. The molecule has 3 heterocycles. The van der Waals surface area contributed by atoms with Gasteiger partial charge in [0.25, 0.3) is 0 Å². The number of piperidine rings is 1. The molecule has 2 fully saturated rings. The van der Waals surface area contributed by atoms with Crippen LogP contribution in [0.2, 0.25) is 0 Å². The molecule has 2 aliphatic rings. The van der Waals surface area contributed by atoms with E-state index in [1.807, 2.05) is 32.9 Å². The quantitative estimate of drug-likeness (QED) is 0.639. The van der Waals surface area contributed by atoms with Crippen LogP contribution in [0.5, 0.6) is 17.5 Å². The Bertz CT molecular complexity index is 1140. The van der Waals surface area contributed by atoms with E-state index in [1.54, 1.807) is 18.2 Å². The molecule has 11 nitrogen and oxygen atoms in total. The molecule has 1 N–H and O–H groups in total. The minimum atomic E-state index is -3.88. The third-order valence-corrected chi connectivity index (χ3v) is 6.95. The summed E-state index contributed by atoms with van der Waals surface area (Å²) < 4.78 is 43.8. The average molecular weight is 508 g/mol. The maximum absolute atomic E-state index is 11.6. The van der Waals surface area contributed by atoms with Gasteiger partial charge in [0.15, 0.2) is 0 Å². The number of rotatable bonds is 5. The van der Waals surface area contributed by atoms with Gasteiger partial charge in [-0.05, 0) is 23.1 Å². The van der Waals surface area contributed by atoms with Crippen molar-refractivity contribution in [2.24, 2.45) is 5.41 Å². The zero-order valence-electron chi connectivity index (χ0n) is 19.8. The second-order valence-corrected chi connectivity index (χ2v) is 10.9. The van der Waals surface area contributed by atoms with Crippen LogP contribution in [0.15, 0.2) is 36.7 Å². The van der Waals surface area contributed by atoms with E-state index >= 15 is 0 Å². The summed E-state index contributed by atoms with van der Waals surface area (Å²) in [5, 5.41) is 9.55. The molecule has 12 heteroatoms. The molecule has 0 radical (unpaired) electrons. The van der Waals surface area contributed by atoms with E-state index in [-0.39, 0.29) is 36.7 Å². The number of amides is 1. The first-order chi connectivity index (χ1) is 16.5. The van der Waals surface area contributed by atoms with Gasteiger partial charge in [-0.15, -0.1) is 0 Å². The molecule has 0 bridgehead atoms. The fourth-order valence-corrected chi connectivity index (χ4v) is 4.97. The highest BCUT2D eigenvalue weighted by molar-refractivity contribution is 7.81. The zero-order chi connectivity index (χ0) is 25.2. The van der Waals surface area contributed by atoms with Crippen molar-refractivity contribution in [1.29, 1.82) is 0 Å². The van der Waals surface area contributed by atoms with Crippen molar-refractivity contribution in [3.63, 3.8) is 0 Å². The Balaban J connectivity index is 1.37. The van der Waals surface area contributed by atoms with Gasteiger partial charge in [-0.1, -0.05) is 32.9 Å². The predicted molar refractivity (Wildman–Crippen MR) is 124 cm³/mol. The lowest BCUT2D eigenvalue weighted by Gasteiger charge is -2.44. The molecule has 4 rings (SSSR count). The van der Waals surface area contributed by atoms with E-state index < -0.39 is 16.5 Å². The molecule has 0 spiro atoms. The summed E-state index contributed by atoms with van der Waals surface area (Å²) in [6.45, 7) is 6.51. The van der Waals surface area contributed by atoms with Gasteiger partial charge in [0.05, 0.1) is 19.3 Å². The summed E-state index contributed by atoms with van der Waals surface area (Å²) in [5.41, 5.74) is 0.636. The molecule has 190 valence electrons. The summed E-state index contributed by atoms with van der Waals surface area (Å²) in [5.74, 6) is 0.988. The molecule has 0 saturated carbocycles. The monoisotopic (exact) mass is 507 g/mol. The lowest BCUT2D eigenvalue weighted by Crippen LogP contribution is -2.53. The van der Waals surface area contributed by atoms with Crippen molar-refractivity contribution in [2.45, 2.75) is 51.7 Å². The predicted octanol–water partition coefficient (Wildman–Crippen LogP) is 3.58. The summed E-state index contributed by atoms with van der Waals surface area (Å²) in [4.78, 5) is 21.5. The van der Waals surface area contributed by atoms with Crippen molar-refractivity contribution in [3.8, 4) is 17.5 Å². The fraction of sp³-hybridized carbons (Fsp3) is 0.522. The van der Waals surface area contributed by atoms with E-state index in [1.165, 1.54) is 11.2 Å². The van der Waals surface area contributed by atoms with Crippen LogP contribution in [-0.4, -0.2) is 66.4 Å². The SMILES string of the molecule is CC(C)(C)C1CC(Oc2cc(Oc3ccc(C4COS(=O)(=O)OC4)cc3)ncn2)CCN1C(=O)O. The highest BCUT2D eigenvalue weighted by Crippen LogP contribution is 2.34. The van der Waals surface area contributed by atoms with Gasteiger partial charge in [0.2, 0.25) is 11.8 Å². The normalized spacial score (nSPS) is 23.0. The Labute approximate surface area is 204 Å². The van der Waals surface area contributed by atoms with E-state index in [9.17, 15) is 18.3 Å². The number of hydrogen-bond acceptors (Lipinski definition) is 9. The number of nitrogens with zero attached hydrogens (tertiary/aromatic N) is 3. The number of aromatic nitrogens is 2. The second-order valence-electron chi connectivity index (χ2n) is 9.66. The molecule has 2 atom stereocenters. The molecule has 2 aromatic rings. The molecule has 1 aromatic carbocycles. The number of likely N-dealkylation sites (tertiary alicyclic amines) is 1. The van der Waals surface area contributed by atoms with Gasteiger partial charge in [-0.3, -0.25) is 0 Å². The first kappa shape index (κ1) is 25.1. The van der Waals surface area contributed by atoms with Gasteiger partial charge in [0, 0.05) is 31.3 Å². The van der Waals surface area contributed by atoms with Crippen molar-refractivity contribution in [1.82, 2.24) is 14.9 Å². The second kappa shape index (κ2) is 9.96. The van der Waals surface area contributed by atoms with E-state index in [2.05, 4.69) is 9.97 Å². The molecular weight excluding hydrogens is 478 g/mol. The maximum Gasteiger partial charge on any atom is 0.407 e. The maximum atomic E-state index is 11.6. The number of benzene rings is 1. The Morgan fingerprint density at radius 2 is 1.77 bits per heavy atom. The van der Waals surface area contributed by atoms with Crippen LogP contribution in [0.25, 0.3) is 0 Å². The number of carbonyl (C=O) groups is 1. The molecule has 0 aliphatic carbocycles. The molecule has 2 saturated heterocycles. The van der Waals surface area contributed by atoms with Gasteiger partial charge < -0.3 is 19.5 Å².